The monoisotopic (exact) mass is 294 g/mol. The topological polar surface area (TPSA) is 16.1 Å². The highest BCUT2D eigenvalue weighted by atomic mass is 35.5. The molecule has 102 valence electrons. The van der Waals surface area contributed by atoms with Crippen molar-refractivity contribution in [2.24, 2.45) is 0 Å². The molecule has 0 atom stereocenters. The van der Waals surface area contributed by atoms with E-state index in [1.807, 2.05) is 5.38 Å². The second kappa shape index (κ2) is 6.40. The van der Waals surface area contributed by atoms with E-state index in [-0.39, 0.29) is 0 Å². The van der Waals surface area contributed by atoms with Crippen LogP contribution in [0.4, 0.5) is 5.69 Å². The largest absolute Gasteiger partial charge is 0.374 e. The first kappa shape index (κ1) is 14.4. The van der Waals surface area contributed by atoms with E-state index in [9.17, 15) is 0 Å². The number of thiazole rings is 1. The molecule has 1 heterocycles. The number of nitrogens with zero attached hydrogens (tertiary/aromatic N) is 2. The van der Waals surface area contributed by atoms with Crippen LogP contribution in [0.3, 0.4) is 0 Å². The van der Waals surface area contributed by atoms with Crippen LogP contribution in [0.1, 0.15) is 21.8 Å². The molecule has 0 saturated carbocycles. The van der Waals surface area contributed by atoms with E-state index in [0.717, 1.165) is 23.7 Å². The molecule has 0 fully saturated rings. The number of benzene rings is 1. The molecule has 4 heteroatoms. The Morgan fingerprint density at radius 2 is 1.89 bits per heavy atom. The molecule has 0 amide bonds. The lowest BCUT2D eigenvalue weighted by Crippen LogP contribution is -2.20. The average molecular weight is 295 g/mol. The molecule has 0 aliphatic rings. The van der Waals surface area contributed by atoms with Gasteiger partial charge in [0.1, 0.15) is 0 Å². The minimum absolute atomic E-state index is 0.503. The number of likely N-dealkylation sites (N-methyl/N-ethyl adjacent to an activating group) is 1. The first-order chi connectivity index (χ1) is 9.08. The van der Waals surface area contributed by atoms with Crippen LogP contribution in [-0.2, 0) is 12.3 Å². The molecule has 1 aromatic carbocycles. The van der Waals surface area contributed by atoms with Crippen molar-refractivity contribution < 1.29 is 0 Å². The zero-order chi connectivity index (χ0) is 13.8. The molecular weight excluding hydrogens is 276 g/mol. The van der Waals surface area contributed by atoms with Gasteiger partial charge >= 0.3 is 0 Å². The van der Waals surface area contributed by atoms with Gasteiger partial charge in [0.25, 0.3) is 0 Å². The molecule has 19 heavy (non-hydrogen) atoms. The van der Waals surface area contributed by atoms with Crippen LogP contribution in [0.25, 0.3) is 0 Å². The van der Waals surface area contributed by atoms with Gasteiger partial charge in [-0.05, 0) is 37.1 Å². The highest BCUT2D eigenvalue weighted by molar-refractivity contribution is 7.09. The lowest BCUT2D eigenvalue weighted by atomic mass is 10.1. The van der Waals surface area contributed by atoms with E-state index in [2.05, 4.69) is 49.0 Å². The van der Waals surface area contributed by atoms with Crippen molar-refractivity contribution in [3.63, 3.8) is 0 Å². The van der Waals surface area contributed by atoms with Crippen LogP contribution in [0.5, 0.6) is 0 Å². The number of halogens is 1. The maximum Gasteiger partial charge on any atom is 0.0946 e. The van der Waals surface area contributed by atoms with Gasteiger partial charge in [0.2, 0.25) is 0 Å². The molecule has 0 spiro atoms. The smallest absolute Gasteiger partial charge is 0.0946 e. The molecule has 2 aromatic rings. The van der Waals surface area contributed by atoms with Crippen LogP contribution in [0, 0.1) is 13.8 Å². The van der Waals surface area contributed by atoms with E-state index in [1.165, 1.54) is 16.8 Å². The minimum atomic E-state index is 0.503. The molecule has 0 aliphatic carbocycles. The number of hydrogen-bond acceptors (Lipinski definition) is 3. The highest BCUT2D eigenvalue weighted by Crippen LogP contribution is 2.19. The summed E-state index contributed by atoms with van der Waals surface area (Å²) in [6.07, 6.45) is 0.963. The van der Waals surface area contributed by atoms with Crippen LogP contribution in [0.15, 0.2) is 23.6 Å². The van der Waals surface area contributed by atoms with E-state index in [0.29, 0.717) is 5.88 Å². The van der Waals surface area contributed by atoms with Gasteiger partial charge in [0.05, 0.1) is 16.6 Å². The normalized spacial score (nSPS) is 10.7. The maximum absolute atomic E-state index is 5.77. The van der Waals surface area contributed by atoms with Gasteiger partial charge in [0.15, 0.2) is 0 Å². The van der Waals surface area contributed by atoms with Crippen molar-refractivity contribution in [3.8, 4) is 0 Å². The summed E-state index contributed by atoms with van der Waals surface area (Å²) in [4.78, 5) is 6.77. The fourth-order valence-corrected chi connectivity index (χ4v) is 3.10. The van der Waals surface area contributed by atoms with E-state index >= 15 is 0 Å². The summed E-state index contributed by atoms with van der Waals surface area (Å²) < 4.78 is 0. The number of rotatable bonds is 5. The summed E-state index contributed by atoms with van der Waals surface area (Å²) >= 11 is 7.46. The lowest BCUT2D eigenvalue weighted by Gasteiger charge is -2.19. The molecule has 0 aliphatic heterocycles. The third-order valence-electron chi connectivity index (χ3n) is 3.04. The van der Waals surface area contributed by atoms with Gasteiger partial charge in [0, 0.05) is 31.1 Å². The van der Waals surface area contributed by atoms with Gasteiger partial charge in [-0.15, -0.1) is 22.9 Å². The Balaban J connectivity index is 1.98. The Kier molecular flexibility index (Phi) is 4.83. The fraction of sp³-hybridized carbons (Fsp3) is 0.400. The van der Waals surface area contributed by atoms with Gasteiger partial charge in [-0.25, -0.2) is 4.98 Å². The molecule has 0 unspecified atom stereocenters. The Hall–Kier alpha value is -1.06. The first-order valence-corrected chi connectivity index (χ1v) is 7.78. The summed E-state index contributed by atoms with van der Waals surface area (Å²) in [5.41, 5.74) is 4.86. The summed E-state index contributed by atoms with van der Waals surface area (Å²) in [6.45, 7) is 5.24. The summed E-state index contributed by atoms with van der Waals surface area (Å²) in [5.74, 6) is 0.503. The number of anilines is 1. The molecule has 2 rings (SSSR count). The molecule has 0 N–H and O–H groups in total. The number of alkyl halides is 1. The van der Waals surface area contributed by atoms with Crippen molar-refractivity contribution in [2.75, 3.05) is 18.5 Å². The summed E-state index contributed by atoms with van der Waals surface area (Å²) in [6, 6.07) is 6.64. The summed E-state index contributed by atoms with van der Waals surface area (Å²) in [5, 5.41) is 3.20. The Labute approximate surface area is 124 Å². The van der Waals surface area contributed by atoms with E-state index in [4.69, 9.17) is 11.6 Å². The molecule has 1 aromatic heterocycles. The first-order valence-electron chi connectivity index (χ1n) is 6.37. The van der Waals surface area contributed by atoms with Crippen LogP contribution in [-0.4, -0.2) is 18.6 Å². The number of hydrogen-bond donors (Lipinski definition) is 0. The molecular formula is C15H19ClN2S. The minimum Gasteiger partial charge on any atom is -0.374 e. The number of aryl methyl sites for hydroxylation is 2. The predicted molar refractivity (Wildman–Crippen MR) is 84.6 cm³/mol. The Morgan fingerprint density at radius 1 is 1.21 bits per heavy atom. The predicted octanol–water partition coefficient (Wildman–Crippen LogP) is 4.18. The Morgan fingerprint density at radius 3 is 2.47 bits per heavy atom. The van der Waals surface area contributed by atoms with Crippen molar-refractivity contribution in [3.05, 3.63) is 45.4 Å². The fourth-order valence-electron chi connectivity index (χ4n) is 2.09. The van der Waals surface area contributed by atoms with E-state index < -0.39 is 0 Å². The van der Waals surface area contributed by atoms with Gasteiger partial charge in [-0.3, -0.25) is 0 Å². The molecule has 0 radical (unpaired) electrons. The quantitative estimate of drug-likeness (QED) is 0.769. The van der Waals surface area contributed by atoms with Crippen LogP contribution < -0.4 is 4.90 Å². The number of aromatic nitrogens is 1. The SMILES string of the molecule is Cc1cc(C)cc(N(C)CCc2nc(CCl)cs2)c1. The van der Waals surface area contributed by atoms with Crippen molar-refractivity contribution >= 4 is 28.6 Å². The van der Waals surface area contributed by atoms with Gasteiger partial charge in [-0.1, -0.05) is 6.07 Å². The third-order valence-corrected chi connectivity index (χ3v) is 4.28. The summed E-state index contributed by atoms with van der Waals surface area (Å²) in [7, 11) is 2.13. The van der Waals surface area contributed by atoms with Gasteiger partial charge in [-0.2, -0.15) is 0 Å². The maximum atomic E-state index is 5.77. The lowest BCUT2D eigenvalue weighted by molar-refractivity contribution is 0.864. The van der Waals surface area contributed by atoms with Gasteiger partial charge < -0.3 is 4.90 Å². The third kappa shape index (κ3) is 3.95. The molecule has 0 saturated heterocycles. The van der Waals surface area contributed by atoms with Crippen molar-refractivity contribution in [1.29, 1.82) is 0 Å². The molecule has 2 nitrogen and oxygen atoms in total. The second-order valence-electron chi connectivity index (χ2n) is 4.88. The zero-order valence-electron chi connectivity index (χ0n) is 11.6. The van der Waals surface area contributed by atoms with Crippen molar-refractivity contribution in [2.45, 2.75) is 26.1 Å². The average Bonchev–Trinajstić information content (AvgIpc) is 2.82. The van der Waals surface area contributed by atoms with Crippen LogP contribution >= 0.6 is 22.9 Å². The zero-order valence-corrected chi connectivity index (χ0v) is 13.2. The highest BCUT2D eigenvalue weighted by Gasteiger charge is 2.05. The standard InChI is InChI=1S/C15H19ClN2S/c1-11-6-12(2)8-14(7-11)18(3)5-4-15-17-13(9-16)10-19-15/h6-8,10H,4-5,9H2,1-3H3. The van der Waals surface area contributed by atoms with E-state index in [1.54, 1.807) is 11.3 Å². The second-order valence-corrected chi connectivity index (χ2v) is 6.09. The molecule has 0 bridgehead atoms. The van der Waals surface area contributed by atoms with Crippen molar-refractivity contribution in [1.82, 2.24) is 4.98 Å². The van der Waals surface area contributed by atoms with Crippen LogP contribution in [0.2, 0.25) is 0 Å². The Bertz CT molecular complexity index is 531.